The number of carbonyl (C=O) groups is 2. The molecule has 25 heavy (non-hydrogen) atoms. The van der Waals surface area contributed by atoms with Crippen LogP contribution in [0.2, 0.25) is 5.02 Å². The van der Waals surface area contributed by atoms with Crippen LogP contribution in [0.15, 0.2) is 40.8 Å². The second-order valence-corrected chi connectivity index (χ2v) is 6.17. The van der Waals surface area contributed by atoms with Crippen LogP contribution < -0.4 is 10.6 Å². The van der Waals surface area contributed by atoms with Crippen molar-refractivity contribution in [2.24, 2.45) is 0 Å². The van der Waals surface area contributed by atoms with Gasteiger partial charge in [-0.25, -0.2) is 0 Å². The van der Waals surface area contributed by atoms with Crippen LogP contribution in [0.1, 0.15) is 32.0 Å². The van der Waals surface area contributed by atoms with Crippen molar-refractivity contribution in [3.05, 3.63) is 63.9 Å². The first kappa shape index (κ1) is 17.0. The molecule has 2 amide bonds. The lowest BCUT2D eigenvalue weighted by atomic mass is 10.1. The van der Waals surface area contributed by atoms with Gasteiger partial charge in [0.15, 0.2) is 5.76 Å². The standard InChI is InChI=1S/C19H17ClN2O3/c1-10-8-16-14(9-15(10)20)11(2)17(25-16)19(24)22-13-6-4-12(5-7-13)18(23)21-3/h4-9H,1-3H3,(H,21,23)(H,22,24). The van der Waals surface area contributed by atoms with E-state index in [0.717, 1.165) is 16.5 Å². The molecule has 0 saturated carbocycles. The molecule has 0 atom stereocenters. The highest BCUT2D eigenvalue weighted by molar-refractivity contribution is 6.32. The van der Waals surface area contributed by atoms with Gasteiger partial charge in [-0.3, -0.25) is 9.59 Å². The van der Waals surface area contributed by atoms with Crippen LogP contribution in [0.5, 0.6) is 0 Å². The molecular formula is C19H17ClN2O3. The minimum Gasteiger partial charge on any atom is -0.451 e. The topological polar surface area (TPSA) is 71.3 Å². The minimum atomic E-state index is -0.352. The van der Waals surface area contributed by atoms with Gasteiger partial charge < -0.3 is 15.1 Å². The van der Waals surface area contributed by atoms with Gasteiger partial charge in [0, 0.05) is 34.3 Å². The fourth-order valence-electron chi connectivity index (χ4n) is 2.60. The Bertz CT molecular complexity index is 974. The Morgan fingerprint density at radius 1 is 1.04 bits per heavy atom. The summed E-state index contributed by atoms with van der Waals surface area (Å²) in [5.41, 5.74) is 3.34. The van der Waals surface area contributed by atoms with Crippen LogP contribution >= 0.6 is 11.6 Å². The predicted octanol–water partition coefficient (Wildman–Crippen LogP) is 4.31. The summed E-state index contributed by atoms with van der Waals surface area (Å²) >= 11 is 6.16. The van der Waals surface area contributed by atoms with Crippen LogP contribution in [0, 0.1) is 13.8 Å². The first-order chi connectivity index (χ1) is 11.9. The molecule has 1 heterocycles. The summed E-state index contributed by atoms with van der Waals surface area (Å²) in [6, 6.07) is 10.2. The second-order valence-electron chi connectivity index (χ2n) is 5.76. The summed E-state index contributed by atoms with van der Waals surface area (Å²) in [7, 11) is 1.57. The number of rotatable bonds is 3. The molecule has 128 valence electrons. The van der Waals surface area contributed by atoms with Crippen molar-refractivity contribution >= 4 is 40.1 Å². The van der Waals surface area contributed by atoms with Gasteiger partial charge in [-0.2, -0.15) is 0 Å². The molecule has 0 aliphatic carbocycles. The van der Waals surface area contributed by atoms with Crippen molar-refractivity contribution < 1.29 is 14.0 Å². The van der Waals surface area contributed by atoms with Gasteiger partial charge in [-0.15, -0.1) is 0 Å². The number of benzene rings is 2. The average Bonchev–Trinajstić information content (AvgIpc) is 2.91. The van der Waals surface area contributed by atoms with E-state index in [1.807, 2.05) is 19.9 Å². The second kappa shape index (κ2) is 6.61. The van der Waals surface area contributed by atoms with E-state index < -0.39 is 0 Å². The largest absolute Gasteiger partial charge is 0.451 e. The third-order valence-corrected chi connectivity index (χ3v) is 4.46. The zero-order valence-electron chi connectivity index (χ0n) is 14.1. The summed E-state index contributed by atoms with van der Waals surface area (Å²) in [5.74, 6) is -0.291. The maximum atomic E-state index is 12.5. The molecule has 2 N–H and O–H groups in total. The van der Waals surface area contributed by atoms with E-state index in [-0.39, 0.29) is 17.6 Å². The summed E-state index contributed by atoms with van der Waals surface area (Å²) in [4.78, 5) is 24.1. The molecule has 3 aromatic rings. The fraction of sp³-hybridized carbons (Fsp3) is 0.158. The third-order valence-electron chi connectivity index (χ3n) is 4.06. The summed E-state index contributed by atoms with van der Waals surface area (Å²) < 4.78 is 5.71. The first-order valence-electron chi connectivity index (χ1n) is 7.73. The van der Waals surface area contributed by atoms with Gasteiger partial charge >= 0.3 is 0 Å². The van der Waals surface area contributed by atoms with Crippen molar-refractivity contribution in [3.63, 3.8) is 0 Å². The first-order valence-corrected chi connectivity index (χ1v) is 8.11. The number of hydrogen-bond acceptors (Lipinski definition) is 3. The van der Waals surface area contributed by atoms with Crippen molar-refractivity contribution in [2.75, 3.05) is 12.4 Å². The Morgan fingerprint density at radius 3 is 2.36 bits per heavy atom. The van der Waals surface area contributed by atoms with Crippen LogP contribution in [0.4, 0.5) is 5.69 Å². The Kier molecular flexibility index (Phi) is 4.51. The molecular weight excluding hydrogens is 340 g/mol. The molecule has 0 bridgehead atoms. The van der Waals surface area contributed by atoms with Crippen molar-refractivity contribution in [1.29, 1.82) is 0 Å². The maximum absolute atomic E-state index is 12.5. The predicted molar refractivity (Wildman–Crippen MR) is 98.5 cm³/mol. The molecule has 0 aliphatic rings. The van der Waals surface area contributed by atoms with Crippen molar-refractivity contribution in [1.82, 2.24) is 5.32 Å². The molecule has 5 nitrogen and oxygen atoms in total. The Morgan fingerprint density at radius 2 is 1.72 bits per heavy atom. The number of hydrogen-bond donors (Lipinski definition) is 2. The highest BCUT2D eigenvalue weighted by Crippen LogP contribution is 2.30. The number of amides is 2. The normalized spacial score (nSPS) is 10.7. The van der Waals surface area contributed by atoms with Gasteiger partial charge in [0.25, 0.3) is 11.8 Å². The third kappa shape index (κ3) is 3.23. The van der Waals surface area contributed by atoms with E-state index in [1.165, 1.54) is 0 Å². The fourth-order valence-corrected chi connectivity index (χ4v) is 2.76. The van der Waals surface area contributed by atoms with Gasteiger partial charge in [0.2, 0.25) is 0 Å². The van der Waals surface area contributed by atoms with Crippen molar-refractivity contribution in [2.45, 2.75) is 13.8 Å². The van der Waals surface area contributed by atoms with E-state index in [1.54, 1.807) is 37.4 Å². The molecule has 0 radical (unpaired) electrons. The van der Waals surface area contributed by atoms with E-state index in [2.05, 4.69) is 10.6 Å². The highest BCUT2D eigenvalue weighted by Gasteiger charge is 2.19. The quantitative estimate of drug-likeness (QED) is 0.734. The number of halogens is 1. The molecule has 3 rings (SSSR count). The van der Waals surface area contributed by atoms with Crippen molar-refractivity contribution in [3.8, 4) is 0 Å². The molecule has 6 heteroatoms. The van der Waals surface area contributed by atoms with E-state index in [9.17, 15) is 9.59 Å². The van der Waals surface area contributed by atoms with Crippen LogP contribution in [0.25, 0.3) is 11.0 Å². The Balaban J connectivity index is 1.87. The summed E-state index contributed by atoms with van der Waals surface area (Å²) in [6.45, 7) is 3.70. The number of carbonyl (C=O) groups excluding carboxylic acids is 2. The van der Waals surface area contributed by atoms with Gasteiger partial charge in [-0.1, -0.05) is 11.6 Å². The SMILES string of the molecule is CNC(=O)c1ccc(NC(=O)c2oc3cc(C)c(Cl)cc3c2C)cc1. The summed E-state index contributed by atoms with van der Waals surface area (Å²) in [6.07, 6.45) is 0. The molecule has 0 saturated heterocycles. The van der Waals surface area contributed by atoms with Gasteiger partial charge in [0.05, 0.1) is 0 Å². The Hall–Kier alpha value is -2.79. The maximum Gasteiger partial charge on any atom is 0.291 e. The molecule has 0 aliphatic heterocycles. The molecule has 2 aromatic carbocycles. The zero-order chi connectivity index (χ0) is 18.1. The van der Waals surface area contributed by atoms with Crippen LogP contribution in [-0.4, -0.2) is 18.9 Å². The summed E-state index contributed by atoms with van der Waals surface area (Å²) in [5, 5.41) is 6.77. The van der Waals surface area contributed by atoms with E-state index in [0.29, 0.717) is 21.9 Å². The number of aryl methyl sites for hydroxylation is 2. The van der Waals surface area contributed by atoms with Crippen LogP contribution in [-0.2, 0) is 0 Å². The lowest BCUT2D eigenvalue weighted by Crippen LogP contribution is -2.18. The minimum absolute atomic E-state index is 0.182. The number of fused-ring (bicyclic) bond motifs is 1. The lowest BCUT2D eigenvalue weighted by molar-refractivity contribution is 0.0962. The van der Waals surface area contributed by atoms with E-state index in [4.69, 9.17) is 16.0 Å². The zero-order valence-corrected chi connectivity index (χ0v) is 14.8. The smallest absolute Gasteiger partial charge is 0.291 e. The number of nitrogens with one attached hydrogen (secondary N) is 2. The molecule has 0 unspecified atom stereocenters. The van der Waals surface area contributed by atoms with E-state index >= 15 is 0 Å². The molecule has 0 spiro atoms. The number of anilines is 1. The molecule has 1 aromatic heterocycles. The average molecular weight is 357 g/mol. The monoisotopic (exact) mass is 356 g/mol. The van der Waals surface area contributed by atoms with Gasteiger partial charge in [0.1, 0.15) is 5.58 Å². The molecule has 0 fully saturated rings. The van der Waals surface area contributed by atoms with Gasteiger partial charge in [-0.05, 0) is 55.8 Å². The number of furan rings is 1. The Labute approximate surface area is 150 Å². The lowest BCUT2D eigenvalue weighted by Gasteiger charge is -2.05. The highest BCUT2D eigenvalue weighted by atomic mass is 35.5. The van der Waals surface area contributed by atoms with Crippen LogP contribution in [0.3, 0.4) is 0 Å².